The molecule has 0 unspecified atom stereocenters. The fourth-order valence-corrected chi connectivity index (χ4v) is 3.90. The van der Waals surface area contributed by atoms with E-state index in [9.17, 15) is 9.59 Å². The van der Waals surface area contributed by atoms with E-state index in [0.29, 0.717) is 29.9 Å². The van der Waals surface area contributed by atoms with Crippen LogP contribution >= 0.6 is 0 Å². The van der Waals surface area contributed by atoms with E-state index in [0.717, 1.165) is 28.6 Å². The number of nitrogens with one attached hydrogen (secondary N) is 1. The van der Waals surface area contributed by atoms with Crippen molar-refractivity contribution in [3.8, 4) is 5.75 Å². The average Bonchev–Trinajstić information content (AvgIpc) is 3.28. The van der Waals surface area contributed by atoms with Crippen molar-refractivity contribution in [2.75, 3.05) is 18.6 Å². The third-order valence-electron chi connectivity index (χ3n) is 5.80. The highest BCUT2D eigenvalue weighted by Gasteiger charge is 2.30. The lowest BCUT2D eigenvalue weighted by Crippen LogP contribution is -2.40. The van der Waals surface area contributed by atoms with Gasteiger partial charge in [-0.25, -0.2) is 0 Å². The van der Waals surface area contributed by atoms with E-state index in [-0.39, 0.29) is 18.0 Å². The van der Waals surface area contributed by atoms with Crippen LogP contribution < -0.4 is 15.2 Å². The van der Waals surface area contributed by atoms with E-state index in [1.165, 1.54) is 0 Å². The van der Waals surface area contributed by atoms with Crippen LogP contribution in [0.3, 0.4) is 0 Å². The molecule has 3 aromatic rings. The lowest BCUT2D eigenvalue weighted by Gasteiger charge is -2.27. The number of carbonyl (C=O) groups excluding carboxylic acids is 1. The van der Waals surface area contributed by atoms with Gasteiger partial charge in [-0.1, -0.05) is 12.1 Å². The van der Waals surface area contributed by atoms with Crippen molar-refractivity contribution < 1.29 is 14.3 Å². The van der Waals surface area contributed by atoms with Gasteiger partial charge in [0.05, 0.1) is 19.2 Å². The van der Waals surface area contributed by atoms with Crippen molar-refractivity contribution >= 4 is 22.5 Å². The smallest absolute Gasteiger partial charge is 0.256 e. The minimum atomic E-state index is -0.464. The number of pyridine rings is 1. The molecule has 0 radical (unpaired) electrons. The molecule has 0 spiro atoms. The predicted octanol–water partition coefficient (Wildman–Crippen LogP) is 3.87. The van der Waals surface area contributed by atoms with Crippen LogP contribution in [0, 0.1) is 13.8 Å². The summed E-state index contributed by atoms with van der Waals surface area (Å²) in [6, 6.07) is 13.3. The molecular weight excluding hydrogens is 380 g/mol. The number of H-pyrrole nitrogens is 1. The van der Waals surface area contributed by atoms with Gasteiger partial charge in [-0.3, -0.25) is 9.59 Å². The van der Waals surface area contributed by atoms with Crippen molar-refractivity contribution in [3.63, 3.8) is 0 Å². The minimum Gasteiger partial charge on any atom is -0.497 e. The van der Waals surface area contributed by atoms with Crippen LogP contribution in [0.2, 0.25) is 0 Å². The number of rotatable bonds is 5. The maximum absolute atomic E-state index is 13.3. The second kappa shape index (κ2) is 8.32. The molecule has 1 N–H and O–H groups in total. The Bertz CT molecular complexity index is 1150. The van der Waals surface area contributed by atoms with Crippen LogP contribution in [-0.4, -0.2) is 30.7 Å². The number of aryl methyl sites for hydroxylation is 1. The quantitative estimate of drug-likeness (QED) is 0.698. The lowest BCUT2D eigenvalue weighted by atomic mass is 10.0. The normalized spacial score (nSPS) is 16.0. The Kier molecular flexibility index (Phi) is 5.59. The third-order valence-corrected chi connectivity index (χ3v) is 5.80. The molecule has 156 valence electrons. The van der Waals surface area contributed by atoms with Crippen LogP contribution in [0.5, 0.6) is 5.75 Å². The number of fused-ring (bicyclic) bond motifs is 1. The Hall–Kier alpha value is -3.12. The molecule has 1 aliphatic rings. The highest BCUT2D eigenvalue weighted by molar-refractivity contribution is 5.97. The Morgan fingerprint density at radius 1 is 1.23 bits per heavy atom. The van der Waals surface area contributed by atoms with E-state index < -0.39 is 6.10 Å². The maximum Gasteiger partial charge on any atom is 0.256 e. The van der Waals surface area contributed by atoms with Gasteiger partial charge in [-0.2, -0.15) is 0 Å². The van der Waals surface area contributed by atoms with Gasteiger partial charge in [0, 0.05) is 23.9 Å². The summed E-state index contributed by atoms with van der Waals surface area (Å²) < 4.78 is 10.9. The second-order valence-electron chi connectivity index (χ2n) is 7.72. The molecule has 6 nitrogen and oxygen atoms in total. The number of aromatic amines is 1. The Morgan fingerprint density at radius 2 is 2.07 bits per heavy atom. The van der Waals surface area contributed by atoms with E-state index in [2.05, 4.69) is 4.98 Å². The van der Waals surface area contributed by atoms with Gasteiger partial charge in [-0.15, -0.1) is 0 Å². The average molecular weight is 406 g/mol. The summed E-state index contributed by atoms with van der Waals surface area (Å²) in [6.45, 7) is 4.79. The van der Waals surface area contributed by atoms with Crippen LogP contribution in [0.4, 0.5) is 5.69 Å². The van der Waals surface area contributed by atoms with Crippen LogP contribution in [0.25, 0.3) is 10.9 Å². The summed E-state index contributed by atoms with van der Waals surface area (Å²) >= 11 is 0. The summed E-state index contributed by atoms with van der Waals surface area (Å²) in [6.07, 6.45) is 1.11. The van der Waals surface area contributed by atoms with Crippen molar-refractivity contribution in [1.82, 2.24) is 4.98 Å². The molecule has 2 aromatic carbocycles. The fourth-order valence-electron chi connectivity index (χ4n) is 3.90. The Morgan fingerprint density at radius 3 is 2.80 bits per heavy atom. The second-order valence-corrected chi connectivity index (χ2v) is 7.72. The van der Waals surface area contributed by atoms with Crippen molar-refractivity contribution in [3.05, 3.63) is 69.5 Å². The first-order chi connectivity index (χ1) is 14.5. The fraction of sp³-hybridized carbons (Fsp3) is 0.333. The Balaban J connectivity index is 1.76. The lowest BCUT2D eigenvalue weighted by molar-refractivity contribution is -0.127. The van der Waals surface area contributed by atoms with Crippen molar-refractivity contribution in [2.24, 2.45) is 0 Å². The number of carbonyl (C=O) groups is 1. The van der Waals surface area contributed by atoms with Gasteiger partial charge >= 0.3 is 0 Å². The molecule has 0 saturated carbocycles. The molecule has 30 heavy (non-hydrogen) atoms. The zero-order valence-electron chi connectivity index (χ0n) is 17.5. The van der Waals surface area contributed by atoms with Gasteiger partial charge in [0.1, 0.15) is 11.9 Å². The maximum atomic E-state index is 13.3. The zero-order valence-corrected chi connectivity index (χ0v) is 17.5. The molecule has 1 saturated heterocycles. The highest BCUT2D eigenvalue weighted by atomic mass is 16.5. The van der Waals surface area contributed by atoms with E-state index in [1.807, 2.05) is 50.2 Å². The molecule has 1 atom stereocenters. The number of hydrogen-bond acceptors (Lipinski definition) is 4. The predicted molar refractivity (Wildman–Crippen MR) is 117 cm³/mol. The molecule has 4 rings (SSSR count). The monoisotopic (exact) mass is 406 g/mol. The van der Waals surface area contributed by atoms with Crippen LogP contribution in [0.15, 0.2) is 47.3 Å². The summed E-state index contributed by atoms with van der Waals surface area (Å²) in [5.41, 5.74) is 3.94. The number of methoxy groups -OCH3 is 1. The molecule has 1 fully saturated rings. The zero-order chi connectivity index (χ0) is 21.3. The largest absolute Gasteiger partial charge is 0.497 e. The summed E-state index contributed by atoms with van der Waals surface area (Å²) in [5, 5.41) is 0.885. The molecule has 0 aliphatic carbocycles. The van der Waals surface area contributed by atoms with E-state index in [1.54, 1.807) is 18.1 Å². The van der Waals surface area contributed by atoms with Gasteiger partial charge in [0.25, 0.3) is 11.5 Å². The molecule has 2 heterocycles. The van der Waals surface area contributed by atoms with Gasteiger partial charge in [0.15, 0.2) is 0 Å². The molecule has 6 heteroatoms. The first-order valence-corrected chi connectivity index (χ1v) is 10.2. The molecule has 1 amide bonds. The SMILES string of the molecule is COc1ccc2cc(CN(C(=O)[C@H]3CCCO3)c3cccc(C)c3C)c(=O)[nH]c2c1. The van der Waals surface area contributed by atoms with E-state index >= 15 is 0 Å². The van der Waals surface area contributed by atoms with E-state index in [4.69, 9.17) is 9.47 Å². The molecule has 1 aliphatic heterocycles. The van der Waals surface area contributed by atoms with Crippen LogP contribution in [-0.2, 0) is 16.1 Å². The number of amides is 1. The Labute approximate surface area is 175 Å². The van der Waals surface area contributed by atoms with Gasteiger partial charge in [0.2, 0.25) is 0 Å². The van der Waals surface area contributed by atoms with Gasteiger partial charge in [-0.05, 0) is 67.5 Å². The number of hydrogen-bond donors (Lipinski definition) is 1. The number of nitrogens with zero attached hydrogens (tertiary/aromatic N) is 1. The number of benzene rings is 2. The molecular formula is C24H26N2O4. The summed E-state index contributed by atoms with van der Waals surface area (Å²) in [7, 11) is 1.59. The number of ether oxygens (including phenoxy) is 2. The molecule has 0 bridgehead atoms. The first kappa shape index (κ1) is 20.2. The topological polar surface area (TPSA) is 71.6 Å². The third kappa shape index (κ3) is 3.83. The van der Waals surface area contributed by atoms with Crippen molar-refractivity contribution in [2.45, 2.75) is 39.3 Å². The summed E-state index contributed by atoms with van der Waals surface area (Å²) in [4.78, 5) is 30.8. The minimum absolute atomic E-state index is 0.101. The standard InChI is InChI=1S/C24H26N2O4/c1-15-6-4-7-21(16(15)2)26(24(28)22-8-5-11-30-22)14-18-12-17-9-10-19(29-3)13-20(17)25-23(18)27/h4,6-7,9-10,12-13,22H,5,8,11,14H2,1-3H3,(H,25,27)/t22-/m1/s1. The highest BCUT2D eigenvalue weighted by Crippen LogP contribution is 2.28. The first-order valence-electron chi connectivity index (χ1n) is 10.2. The van der Waals surface area contributed by atoms with Crippen molar-refractivity contribution in [1.29, 1.82) is 0 Å². The molecule has 1 aromatic heterocycles. The number of anilines is 1. The van der Waals surface area contributed by atoms with Gasteiger partial charge < -0.3 is 19.4 Å². The number of aromatic nitrogens is 1. The summed E-state index contributed by atoms with van der Waals surface area (Å²) in [5.74, 6) is 0.576. The van der Waals surface area contributed by atoms with Crippen LogP contribution in [0.1, 0.15) is 29.5 Å².